The van der Waals surface area contributed by atoms with E-state index in [0.717, 1.165) is 38.5 Å². The monoisotopic (exact) mass is 800 g/mol. The highest BCUT2D eigenvalue weighted by Crippen LogP contribution is 2.16. The molecule has 0 radical (unpaired) electrons. The molecule has 0 aliphatic heterocycles. The van der Waals surface area contributed by atoms with Crippen molar-refractivity contribution in [2.24, 2.45) is 0 Å². The Labute approximate surface area is 357 Å². The Hall–Kier alpha value is -1.39. The standard InChI is InChI=1S/C53H101NO3/c1-3-5-7-9-11-13-15-17-19-21-23-25-27-28-30-32-34-36-38-40-42-44-46-48-52(56)51(50-55)54-53(57)49-47-45-43-41-39-37-35-33-31-29-26-24-22-20-18-16-14-12-10-8-6-4-2/h30,32,38,40,46,48,51-52,55-56H,3-29,31,33-37,39,41-45,47,49-50H2,1-2H3,(H,54,57)/b32-30+,40-38+,48-46+. The summed E-state index contributed by atoms with van der Waals surface area (Å²) in [5.41, 5.74) is 0. The van der Waals surface area contributed by atoms with Crippen molar-refractivity contribution in [1.82, 2.24) is 5.32 Å². The molecule has 1 amide bonds. The number of hydrogen-bond acceptors (Lipinski definition) is 3. The maximum Gasteiger partial charge on any atom is 0.220 e. The second-order valence-corrected chi connectivity index (χ2v) is 17.6. The molecule has 2 unspecified atom stereocenters. The largest absolute Gasteiger partial charge is 0.394 e. The van der Waals surface area contributed by atoms with Crippen molar-refractivity contribution in [3.05, 3.63) is 36.5 Å². The Balaban J connectivity index is 3.56. The summed E-state index contributed by atoms with van der Waals surface area (Å²) in [4.78, 5) is 12.4. The van der Waals surface area contributed by atoms with Gasteiger partial charge in [0.25, 0.3) is 0 Å². The van der Waals surface area contributed by atoms with Crippen LogP contribution in [0.15, 0.2) is 36.5 Å². The van der Waals surface area contributed by atoms with Crippen LogP contribution in [0.2, 0.25) is 0 Å². The first-order chi connectivity index (χ1) is 28.2. The molecule has 0 aromatic rings. The highest BCUT2D eigenvalue weighted by molar-refractivity contribution is 5.76. The molecule has 0 aromatic carbocycles. The van der Waals surface area contributed by atoms with Crippen molar-refractivity contribution in [3.8, 4) is 0 Å². The summed E-state index contributed by atoms with van der Waals surface area (Å²) >= 11 is 0. The predicted molar refractivity (Wildman–Crippen MR) is 253 cm³/mol. The molecular formula is C53H101NO3. The summed E-state index contributed by atoms with van der Waals surface area (Å²) < 4.78 is 0. The summed E-state index contributed by atoms with van der Waals surface area (Å²) in [7, 11) is 0. The lowest BCUT2D eigenvalue weighted by Gasteiger charge is -2.19. The Morgan fingerprint density at radius 1 is 0.404 bits per heavy atom. The molecule has 0 aromatic heterocycles. The minimum Gasteiger partial charge on any atom is -0.394 e. The van der Waals surface area contributed by atoms with Crippen molar-refractivity contribution in [2.45, 2.75) is 289 Å². The van der Waals surface area contributed by atoms with Gasteiger partial charge in [-0.05, 0) is 44.9 Å². The Bertz CT molecular complexity index is 866. The van der Waals surface area contributed by atoms with Crippen molar-refractivity contribution >= 4 is 5.91 Å². The topological polar surface area (TPSA) is 69.6 Å². The van der Waals surface area contributed by atoms with Crippen molar-refractivity contribution in [2.75, 3.05) is 6.61 Å². The Morgan fingerprint density at radius 3 is 1.02 bits per heavy atom. The number of amides is 1. The third-order valence-electron chi connectivity index (χ3n) is 11.9. The minimum absolute atomic E-state index is 0.0732. The number of carbonyl (C=O) groups excluding carboxylic acids is 1. The molecule has 0 spiro atoms. The number of allylic oxidation sites excluding steroid dienone is 5. The third kappa shape index (κ3) is 45.5. The van der Waals surface area contributed by atoms with E-state index in [4.69, 9.17) is 0 Å². The van der Waals surface area contributed by atoms with Crippen molar-refractivity contribution < 1.29 is 15.0 Å². The molecule has 0 aliphatic carbocycles. The molecule has 4 nitrogen and oxygen atoms in total. The van der Waals surface area contributed by atoms with Gasteiger partial charge in [-0.1, -0.05) is 262 Å². The van der Waals surface area contributed by atoms with Gasteiger partial charge in [-0.3, -0.25) is 4.79 Å². The number of aliphatic hydroxyl groups is 2. The third-order valence-corrected chi connectivity index (χ3v) is 11.9. The summed E-state index contributed by atoms with van der Waals surface area (Å²) in [6.45, 7) is 4.32. The number of rotatable bonds is 47. The molecular weight excluding hydrogens is 699 g/mol. The Morgan fingerprint density at radius 2 is 0.684 bits per heavy atom. The van der Waals surface area contributed by atoms with E-state index in [9.17, 15) is 15.0 Å². The maximum absolute atomic E-state index is 12.4. The summed E-state index contributed by atoms with van der Waals surface area (Å²) in [6.07, 6.45) is 65.7. The van der Waals surface area contributed by atoms with Crippen LogP contribution >= 0.6 is 0 Å². The smallest absolute Gasteiger partial charge is 0.220 e. The van der Waals surface area contributed by atoms with Gasteiger partial charge >= 0.3 is 0 Å². The fraction of sp³-hybridized carbons (Fsp3) is 0.868. The van der Waals surface area contributed by atoms with Crippen molar-refractivity contribution in [3.63, 3.8) is 0 Å². The fourth-order valence-corrected chi connectivity index (χ4v) is 7.92. The average molecular weight is 800 g/mol. The molecule has 0 saturated carbocycles. The molecule has 0 bridgehead atoms. The van der Waals surface area contributed by atoms with Gasteiger partial charge in [-0.25, -0.2) is 0 Å². The van der Waals surface area contributed by atoms with E-state index in [-0.39, 0.29) is 12.5 Å². The van der Waals surface area contributed by atoms with Gasteiger partial charge < -0.3 is 15.5 Å². The molecule has 0 aliphatic rings. The normalized spacial score (nSPS) is 13.1. The highest BCUT2D eigenvalue weighted by Gasteiger charge is 2.17. The first-order valence-corrected chi connectivity index (χ1v) is 25.7. The van der Waals surface area contributed by atoms with Crippen LogP contribution in [-0.4, -0.2) is 34.9 Å². The Kier molecular flexibility index (Phi) is 47.8. The van der Waals surface area contributed by atoms with Gasteiger partial charge in [0.2, 0.25) is 5.91 Å². The van der Waals surface area contributed by atoms with Crippen molar-refractivity contribution in [1.29, 1.82) is 0 Å². The van der Waals surface area contributed by atoms with E-state index < -0.39 is 12.1 Å². The number of unbranched alkanes of at least 4 members (excludes halogenated alkanes) is 36. The molecule has 0 fully saturated rings. The van der Waals surface area contributed by atoms with E-state index in [1.807, 2.05) is 6.08 Å². The van der Waals surface area contributed by atoms with E-state index in [2.05, 4.69) is 43.5 Å². The minimum atomic E-state index is -0.868. The predicted octanol–water partition coefficient (Wildman–Crippen LogP) is 16.5. The zero-order valence-corrected chi connectivity index (χ0v) is 38.6. The van der Waals surface area contributed by atoms with E-state index in [1.54, 1.807) is 6.08 Å². The number of carbonyl (C=O) groups is 1. The fourth-order valence-electron chi connectivity index (χ4n) is 7.92. The van der Waals surface area contributed by atoms with E-state index >= 15 is 0 Å². The van der Waals surface area contributed by atoms with Crippen LogP contribution in [-0.2, 0) is 4.79 Å². The summed E-state index contributed by atoms with van der Waals surface area (Å²) in [5.74, 6) is -0.0732. The van der Waals surface area contributed by atoms with Crippen LogP contribution in [0.1, 0.15) is 277 Å². The zero-order valence-electron chi connectivity index (χ0n) is 38.6. The van der Waals surface area contributed by atoms with Gasteiger partial charge in [-0.2, -0.15) is 0 Å². The molecule has 0 rings (SSSR count). The lowest BCUT2D eigenvalue weighted by molar-refractivity contribution is -0.123. The second kappa shape index (κ2) is 49.0. The number of nitrogens with one attached hydrogen (secondary N) is 1. The van der Waals surface area contributed by atoms with Crippen LogP contribution in [0.25, 0.3) is 0 Å². The molecule has 3 N–H and O–H groups in total. The molecule has 0 heterocycles. The van der Waals surface area contributed by atoms with Crippen LogP contribution < -0.4 is 5.32 Å². The lowest BCUT2D eigenvalue weighted by Crippen LogP contribution is -2.45. The molecule has 2 atom stereocenters. The van der Waals surface area contributed by atoms with Gasteiger partial charge in [0.05, 0.1) is 18.8 Å². The average Bonchev–Trinajstić information content (AvgIpc) is 3.22. The second-order valence-electron chi connectivity index (χ2n) is 17.6. The molecule has 57 heavy (non-hydrogen) atoms. The van der Waals surface area contributed by atoms with Gasteiger partial charge in [0.15, 0.2) is 0 Å². The van der Waals surface area contributed by atoms with Crippen LogP contribution in [0.5, 0.6) is 0 Å². The van der Waals surface area contributed by atoms with Gasteiger partial charge in [0.1, 0.15) is 0 Å². The van der Waals surface area contributed by atoms with Crippen LogP contribution in [0.3, 0.4) is 0 Å². The van der Waals surface area contributed by atoms with Gasteiger partial charge in [-0.15, -0.1) is 0 Å². The number of hydrogen-bond donors (Lipinski definition) is 3. The van der Waals surface area contributed by atoms with E-state index in [1.165, 1.54) is 218 Å². The lowest BCUT2D eigenvalue weighted by atomic mass is 10.0. The zero-order chi connectivity index (χ0) is 41.4. The maximum atomic E-state index is 12.4. The van der Waals surface area contributed by atoms with E-state index in [0.29, 0.717) is 6.42 Å². The van der Waals surface area contributed by atoms with Gasteiger partial charge in [0, 0.05) is 6.42 Å². The first kappa shape index (κ1) is 55.6. The highest BCUT2D eigenvalue weighted by atomic mass is 16.3. The van der Waals surface area contributed by atoms with Crippen LogP contribution in [0.4, 0.5) is 0 Å². The summed E-state index contributed by atoms with van der Waals surface area (Å²) in [6, 6.07) is -0.643. The SMILES string of the molecule is CCCCCCCCCCCCCCC/C=C/CC/C=C/CC/C=C/C(O)C(CO)NC(=O)CCCCCCCCCCCCCCCCCCCCCCCC. The molecule has 0 saturated heterocycles. The molecule has 4 heteroatoms. The van der Waals surface area contributed by atoms with Crippen LogP contribution in [0, 0.1) is 0 Å². The number of aliphatic hydroxyl groups excluding tert-OH is 2. The molecule has 336 valence electrons. The quantitative estimate of drug-likeness (QED) is 0.0424. The first-order valence-electron chi connectivity index (χ1n) is 25.7. The summed E-state index contributed by atoms with van der Waals surface area (Å²) in [5, 5.41) is 23.1.